The lowest BCUT2D eigenvalue weighted by Gasteiger charge is -1.88. The molecule has 0 spiro atoms. The Balaban J connectivity index is 3.02. The first-order valence-corrected chi connectivity index (χ1v) is 4.47. The Bertz CT molecular complexity index is 444. The number of aromatic nitrogens is 3. The average Bonchev–Trinajstić information content (AvgIpc) is 2.31. The number of H-pyrrole nitrogens is 1. The Morgan fingerprint density at radius 2 is 2.36 bits per heavy atom. The highest BCUT2D eigenvalue weighted by Gasteiger charge is 1.95. The maximum absolute atomic E-state index is 5.04. The molecule has 0 bridgehead atoms. The van der Waals surface area contributed by atoms with Gasteiger partial charge in [0.2, 0.25) is 0 Å². The van der Waals surface area contributed by atoms with Gasteiger partial charge in [0.05, 0.1) is 16.1 Å². The summed E-state index contributed by atoms with van der Waals surface area (Å²) in [5.41, 5.74) is 0.932. The summed E-state index contributed by atoms with van der Waals surface area (Å²) >= 11 is 7.24. The molecule has 0 aliphatic rings. The number of halogens is 1. The number of fused-ring (bicyclic) bond motifs is 1. The highest BCUT2D eigenvalue weighted by atomic mass is 127. The predicted octanol–water partition coefficient (Wildman–Crippen LogP) is 2.00. The molecule has 0 aromatic carbocycles. The molecule has 2 rings (SSSR count). The second-order valence-electron chi connectivity index (χ2n) is 2.10. The number of hydrogen-bond acceptors (Lipinski definition) is 2. The fourth-order valence-electron chi connectivity index (χ4n) is 0.908. The van der Waals surface area contributed by atoms with Gasteiger partial charge in [0, 0.05) is 6.20 Å². The number of hydrogen-bond donors (Lipinski definition) is 1. The normalized spacial score (nSPS) is 10.6. The lowest BCUT2D eigenvalue weighted by Crippen LogP contribution is -1.84. The van der Waals surface area contributed by atoms with E-state index in [2.05, 4.69) is 32.6 Å². The van der Waals surface area contributed by atoms with Gasteiger partial charge < -0.3 is 4.98 Å². The summed E-state index contributed by atoms with van der Waals surface area (Å²) < 4.78 is 3.67. The molecular weight excluding hydrogens is 273 g/mol. The highest BCUT2D eigenvalue weighted by molar-refractivity contribution is 14.1. The van der Waals surface area contributed by atoms with Gasteiger partial charge in [-0.25, -0.2) is 0 Å². The summed E-state index contributed by atoms with van der Waals surface area (Å²) in [5, 5.41) is 0. The van der Waals surface area contributed by atoms with E-state index in [1.54, 1.807) is 12.4 Å². The fraction of sp³-hybridized carbons (Fsp3) is 0. The third-order valence-corrected chi connectivity index (χ3v) is 2.22. The average molecular weight is 277 g/mol. The van der Waals surface area contributed by atoms with Crippen molar-refractivity contribution in [2.24, 2.45) is 0 Å². The molecule has 0 fully saturated rings. The molecule has 0 aliphatic carbocycles. The first-order valence-electron chi connectivity index (χ1n) is 2.98. The van der Waals surface area contributed by atoms with Crippen molar-refractivity contribution in [3.63, 3.8) is 0 Å². The van der Waals surface area contributed by atoms with E-state index in [0.29, 0.717) is 0 Å². The Morgan fingerprint density at radius 1 is 1.55 bits per heavy atom. The minimum Gasteiger partial charge on any atom is -0.334 e. The van der Waals surface area contributed by atoms with Gasteiger partial charge in [-0.2, -0.15) is 0 Å². The Hall–Kier alpha value is -0.430. The fourth-order valence-corrected chi connectivity index (χ4v) is 1.68. The van der Waals surface area contributed by atoms with Crippen LogP contribution in [-0.2, 0) is 0 Å². The number of nitrogens with one attached hydrogen (secondary N) is 1. The quantitative estimate of drug-likeness (QED) is 0.590. The van der Waals surface area contributed by atoms with Crippen LogP contribution in [0.1, 0.15) is 0 Å². The monoisotopic (exact) mass is 277 g/mol. The van der Waals surface area contributed by atoms with Crippen molar-refractivity contribution in [1.82, 2.24) is 14.4 Å². The first kappa shape index (κ1) is 7.23. The van der Waals surface area contributed by atoms with E-state index >= 15 is 0 Å². The second kappa shape index (κ2) is 2.56. The molecule has 1 N–H and O–H groups in total. The van der Waals surface area contributed by atoms with E-state index in [1.165, 1.54) is 0 Å². The molecule has 0 saturated heterocycles. The lowest BCUT2D eigenvalue weighted by molar-refractivity contribution is 1.10. The van der Waals surface area contributed by atoms with Crippen LogP contribution in [0.2, 0.25) is 0 Å². The lowest BCUT2D eigenvalue weighted by atomic mass is 10.7. The van der Waals surface area contributed by atoms with Crippen LogP contribution >= 0.6 is 34.8 Å². The van der Waals surface area contributed by atoms with Crippen molar-refractivity contribution in [3.05, 3.63) is 26.9 Å². The van der Waals surface area contributed by atoms with Crippen molar-refractivity contribution in [2.45, 2.75) is 0 Å². The van der Waals surface area contributed by atoms with Gasteiger partial charge in [0.1, 0.15) is 10.3 Å². The zero-order valence-corrected chi connectivity index (χ0v) is 8.39. The number of rotatable bonds is 0. The van der Waals surface area contributed by atoms with Crippen LogP contribution in [0.4, 0.5) is 0 Å². The summed E-state index contributed by atoms with van der Waals surface area (Å²) in [4.78, 5) is 7.09. The molecular formula is C6H4IN3S. The van der Waals surface area contributed by atoms with Crippen LogP contribution in [0.25, 0.3) is 5.65 Å². The molecule has 0 amide bonds. The molecule has 0 unspecified atom stereocenters. The number of imidazole rings is 1. The third-order valence-electron chi connectivity index (χ3n) is 1.37. The zero-order chi connectivity index (χ0) is 7.84. The summed E-state index contributed by atoms with van der Waals surface area (Å²) in [6.07, 6.45) is 5.35. The van der Waals surface area contributed by atoms with Crippen LogP contribution in [0.5, 0.6) is 0 Å². The minimum absolute atomic E-state index is 0.724. The summed E-state index contributed by atoms with van der Waals surface area (Å²) in [6, 6.07) is 0. The molecule has 11 heavy (non-hydrogen) atoms. The predicted molar refractivity (Wildman–Crippen MR) is 53.1 cm³/mol. The highest BCUT2D eigenvalue weighted by Crippen LogP contribution is 2.05. The summed E-state index contributed by atoms with van der Waals surface area (Å²) in [7, 11) is 0. The van der Waals surface area contributed by atoms with E-state index in [0.717, 1.165) is 14.0 Å². The number of aromatic amines is 1. The summed E-state index contributed by atoms with van der Waals surface area (Å²) in [5.74, 6) is 0. The molecule has 5 heteroatoms. The standard InChI is InChI=1S/C6H4IN3S/c7-4-3-10-5(9-4)1-8-2-6(10)11/h1-3,9H. The van der Waals surface area contributed by atoms with E-state index in [4.69, 9.17) is 12.2 Å². The molecule has 2 aromatic rings. The van der Waals surface area contributed by atoms with Gasteiger partial charge in [-0.3, -0.25) is 9.38 Å². The maximum atomic E-state index is 5.04. The zero-order valence-electron chi connectivity index (χ0n) is 5.41. The smallest absolute Gasteiger partial charge is 0.134 e. The minimum atomic E-state index is 0.724. The van der Waals surface area contributed by atoms with Crippen molar-refractivity contribution in [3.8, 4) is 0 Å². The molecule has 2 heterocycles. The number of nitrogens with zero attached hydrogens (tertiary/aromatic N) is 2. The van der Waals surface area contributed by atoms with E-state index in [1.807, 2.05) is 10.6 Å². The topological polar surface area (TPSA) is 33.1 Å². The Morgan fingerprint density at radius 3 is 3.09 bits per heavy atom. The Labute approximate surface area is 81.6 Å². The van der Waals surface area contributed by atoms with Crippen molar-refractivity contribution in [1.29, 1.82) is 0 Å². The third kappa shape index (κ3) is 1.18. The molecule has 0 aliphatic heterocycles. The molecule has 0 atom stereocenters. The molecule has 56 valence electrons. The van der Waals surface area contributed by atoms with E-state index in [-0.39, 0.29) is 0 Å². The largest absolute Gasteiger partial charge is 0.334 e. The van der Waals surface area contributed by atoms with Gasteiger partial charge >= 0.3 is 0 Å². The van der Waals surface area contributed by atoms with Gasteiger partial charge in [0.15, 0.2) is 0 Å². The maximum Gasteiger partial charge on any atom is 0.134 e. The SMILES string of the molecule is S=c1cncc2[nH]c(I)cn12. The molecule has 0 saturated carbocycles. The van der Waals surface area contributed by atoms with Crippen molar-refractivity contribution in [2.75, 3.05) is 0 Å². The van der Waals surface area contributed by atoms with Crippen LogP contribution in [0, 0.1) is 8.34 Å². The molecule has 0 radical (unpaired) electrons. The van der Waals surface area contributed by atoms with Gasteiger partial charge in [-0.1, -0.05) is 12.2 Å². The van der Waals surface area contributed by atoms with Gasteiger partial charge in [-0.05, 0) is 22.6 Å². The van der Waals surface area contributed by atoms with Crippen LogP contribution < -0.4 is 0 Å². The summed E-state index contributed by atoms with van der Waals surface area (Å²) in [6.45, 7) is 0. The van der Waals surface area contributed by atoms with Gasteiger partial charge in [0.25, 0.3) is 0 Å². The van der Waals surface area contributed by atoms with Crippen LogP contribution in [0.3, 0.4) is 0 Å². The second-order valence-corrected chi connectivity index (χ2v) is 3.68. The van der Waals surface area contributed by atoms with Crippen LogP contribution in [0.15, 0.2) is 18.6 Å². The first-order chi connectivity index (χ1) is 5.27. The van der Waals surface area contributed by atoms with Crippen LogP contribution in [-0.4, -0.2) is 14.4 Å². The Kier molecular flexibility index (Phi) is 1.68. The van der Waals surface area contributed by atoms with Crippen molar-refractivity contribution < 1.29 is 0 Å². The van der Waals surface area contributed by atoms with E-state index < -0.39 is 0 Å². The van der Waals surface area contributed by atoms with E-state index in [9.17, 15) is 0 Å². The molecule has 3 nitrogen and oxygen atoms in total. The van der Waals surface area contributed by atoms with Crippen molar-refractivity contribution >= 4 is 40.5 Å². The molecule has 2 aromatic heterocycles. The van der Waals surface area contributed by atoms with Gasteiger partial charge in [-0.15, -0.1) is 0 Å².